The zero-order chi connectivity index (χ0) is 14.8. The third-order valence-electron chi connectivity index (χ3n) is 4.00. The topological polar surface area (TPSA) is 60.2 Å². The second-order valence-corrected chi connectivity index (χ2v) is 5.47. The zero-order valence-corrected chi connectivity index (χ0v) is 12.2. The SMILES string of the molecule is c1cc(-c2cnc(NC3CCOCC3)nc2)c2occc2c1. The van der Waals surface area contributed by atoms with Crippen LogP contribution >= 0.6 is 0 Å². The Balaban J connectivity index is 1.57. The van der Waals surface area contributed by atoms with E-state index in [0.717, 1.165) is 48.2 Å². The van der Waals surface area contributed by atoms with Gasteiger partial charge in [-0.05, 0) is 18.9 Å². The van der Waals surface area contributed by atoms with E-state index in [4.69, 9.17) is 9.15 Å². The molecule has 1 aliphatic heterocycles. The van der Waals surface area contributed by atoms with Gasteiger partial charge in [0.25, 0.3) is 0 Å². The van der Waals surface area contributed by atoms with E-state index in [1.54, 1.807) is 6.26 Å². The predicted molar refractivity (Wildman–Crippen MR) is 84.7 cm³/mol. The number of furan rings is 1. The fourth-order valence-electron chi connectivity index (χ4n) is 2.79. The molecule has 3 aromatic rings. The minimum atomic E-state index is 0.396. The van der Waals surface area contributed by atoms with Gasteiger partial charge in [-0.15, -0.1) is 0 Å². The Morgan fingerprint density at radius 1 is 1.05 bits per heavy atom. The van der Waals surface area contributed by atoms with Gasteiger partial charge in [-0.25, -0.2) is 9.97 Å². The number of rotatable bonds is 3. The van der Waals surface area contributed by atoms with Crippen LogP contribution in [-0.2, 0) is 4.74 Å². The fourth-order valence-corrected chi connectivity index (χ4v) is 2.79. The number of anilines is 1. The smallest absolute Gasteiger partial charge is 0.222 e. The van der Waals surface area contributed by atoms with Crippen LogP contribution in [0.25, 0.3) is 22.1 Å². The van der Waals surface area contributed by atoms with Crippen LogP contribution in [0.4, 0.5) is 5.95 Å². The highest BCUT2D eigenvalue weighted by molar-refractivity contribution is 5.92. The van der Waals surface area contributed by atoms with E-state index >= 15 is 0 Å². The molecule has 1 N–H and O–H groups in total. The summed E-state index contributed by atoms with van der Waals surface area (Å²) in [6.45, 7) is 1.60. The molecule has 1 saturated heterocycles. The Labute approximate surface area is 128 Å². The number of nitrogens with one attached hydrogen (secondary N) is 1. The molecule has 2 aromatic heterocycles. The van der Waals surface area contributed by atoms with Gasteiger partial charge in [-0.2, -0.15) is 0 Å². The predicted octanol–water partition coefficient (Wildman–Crippen LogP) is 3.48. The van der Waals surface area contributed by atoms with Gasteiger partial charge in [-0.3, -0.25) is 0 Å². The number of hydrogen-bond acceptors (Lipinski definition) is 5. The first-order valence-corrected chi connectivity index (χ1v) is 7.53. The van der Waals surface area contributed by atoms with Gasteiger partial charge in [0.2, 0.25) is 5.95 Å². The van der Waals surface area contributed by atoms with Gasteiger partial charge in [0, 0.05) is 48.2 Å². The van der Waals surface area contributed by atoms with Gasteiger partial charge in [0.05, 0.1) is 6.26 Å². The Morgan fingerprint density at radius 3 is 2.68 bits per heavy atom. The first-order chi connectivity index (χ1) is 10.9. The monoisotopic (exact) mass is 295 g/mol. The molecule has 0 spiro atoms. The lowest BCUT2D eigenvalue weighted by atomic mass is 10.1. The van der Waals surface area contributed by atoms with Crippen LogP contribution in [0.5, 0.6) is 0 Å². The third kappa shape index (κ3) is 2.55. The Bertz CT molecular complexity index is 761. The number of ether oxygens (including phenoxy) is 1. The molecule has 0 bridgehead atoms. The average molecular weight is 295 g/mol. The minimum absolute atomic E-state index is 0.396. The highest BCUT2D eigenvalue weighted by Crippen LogP contribution is 2.28. The molecule has 1 fully saturated rings. The number of hydrogen-bond donors (Lipinski definition) is 1. The van der Waals surface area contributed by atoms with Crippen LogP contribution in [0.15, 0.2) is 47.3 Å². The average Bonchev–Trinajstić information content (AvgIpc) is 3.05. The van der Waals surface area contributed by atoms with Crippen LogP contribution in [0, 0.1) is 0 Å². The van der Waals surface area contributed by atoms with Crippen molar-refractivity contribution in [1.29, 1.82) is 0 Å². The van der Waals surface area contributed by atoms with Crippen LogP contribution in [0.3, 0.4) is 0 Å². The molecule has 0 amide bonds. The van der Waals surface area contributed by atoms with E-state index < -0.39 is 0 Å². The molecule has 5 heteroatoms. The number of para-hydroxylation sites is 1. The summed E-state index contributed by atoms with van der Waals surface area (Å²) in [4.78, 5) is 8.87. The molecule has 4 rings (SSSR count). The second-order valence-electron chi connectivity index (χ2n) is 5.47. The maximum absolute atomic E-state index is 5.57. The second kappa shape index (κ2) is 5.77. The summed E-state index contributed by atoms with van der Waals surface area (Å²) in [5.41, 5.74) is 2.84. The maximum Gasteiger partial charge on any atom is 0.222 e. The third-order valence-corrected chi connectivity index (χ3v) is 4.00. The molecule has 0 atom stereocenters. The summed E-state index contributed by atoms with van der Waals surface area (Å²) in [5.74, 6) is 0.669. The maximum atomic E-state index is 5.57. The first kappa shape index (κ1) is 13.3. The quantitative estimate of drug-likeness (QED) is 0.801. The fraction of sp³-hybridized carbons (Fsp3) is 0.294. The Hall–Kier alpha value is -2.40. The van der Waals surface area contributed by atoms with E-state index in [2.05, 4.69) is 15.3 Å². The van der Waals surface area contributed by atoms with Crippen molar-refractivity contribution in [2.75, 3.05) is 18.5 Å². The van der Waals surface area contributed by atoms with Gasteiger partial charge < -0.3 is 14.5 Å². The highest BCUT2D eigenvalue weighted by Gasteiger charge is 2.14. The van der Waals surface area contributed by atoms with E-state index in [1.807, 2.05) is 36.7 Å². The van der Waals surface area contributed by atoms with Crippen molar-refractivity contribution in [3.05, 3.63) is 42.9 Å². The molecule has 0 aliphatic carbocycles. The van der Waals surface area contributed by atoms with Crippen LogP contribution in [-0.4, -0.2) is 29.2 Å². The summed E-state index contributed by atoms with van der Waals surface area (Å²) < 4.78 is 10.9. The number of benzene rings is 1. The summed E-state index contributed by atoms with van der Waals surface area (Å²) in [6, 6.07) is 8.43. The van der Waals surface area contributed by atoms with Crippen molar-refractivity contribution in [3.8, 4) is 11.1 Å². The molecule has 1 aromatic carbocycles. The van der Waals surface area contributed by atoms with Crippen molar-refractivity contribution in [2.45, 2.75) is 18.9 Å². The number of aromatic nitrogens is 2. The largest absolute Gasteiger partial charge is 0.464 e. The molecule has 22 heavy (non-hydrogen) atoms. The minimum Gasteiger partial charge on any atom is -0.464 e. The van der Waals surface area contributed by atoms with Crippen LogP contribution in [0.2, 0.25) is 0 Å². The van der Waals surface area contributed by atoms with Gasteiger partial charge in [0.15, 0.2) is 0 Å². The molecular weight excluding hydrogens is 278 g/mol. The van der Waals surface area contributed by atoms with Gasteiger partial charge in [-0.1, -0.05) is 18.2 Å². The van der Waals surface area contributed by atoms with Gasteiger partial charge >= 0.3 is 0 Å². The van der Waals surface area contributed by atoms with E-state index in [9.17, 15) is 0 Å². The van der Waals surface area contributed by atoms with Crippen molar-refractivity contribution in [3.63, 3.8) is 0 Å². The standard InChI is InChI=1S/C17H17N3O2/c1-2-12-4-9-22-16(12)15(3-1)13-10-18-17(19-11-13)20-14-5-7-21-8-6-14/h1-4,9-11,14H,5-8H2,(H,18,19,20). The molecule has 0 saturated carbocycles. The number of nitrogens with zero attached hydrogens (tertiary/aromatic N) is 2. The molecule has 3 heterocycles. The lowest BCUT2D eigenvalue weighted by Crippen LogP contribution is -2.28. The molecule has 1 aliphatic rings. The number of fused-ring (bicyclic) bond motifs is 1. The molecule has 112 valence electrons. The van der Waals surface area contributed by atoms with Crippen molar-refractivity contribution >= 4 is 16.9 Å². The van der Waals surface area contributed by atoms with Gasteiger partial charge in [0.1, 0.15) is 5.58 Å². The zero-order valence-electron chi connectivity index (χ0n) is 12.2. The Morgan fingerprint density at radius 2 is 1.86 bits per heavy atom. The molecule has 0 unspecified atom stereocenters. The summed E-state index contributed by atoms with van der Waals surface area (Å²) in [5, 5.41) is 4.45. The van der Waals surface area contributed by atoms with E-state index in [1.165, 1.54) is 0 Å². The summed E-state index contributed by atoms with van der Waals surface area (Å²) in [6.07, 6.45) is 7.38. The normalized spacial score (nSPS) is 16.0. The van der Waals surface area contributed by atoms with Crippen LogP contribution < -0.4 is 5.32 Å². The van der Waals surface area contributed by atoms with Crippen LogP contribution in [0.1, 0.15) is 12.8 Å². The lowest BCUT2D eigenvalue weighted by Gasteiger charge is -2.22. The summed E-state index contributed by atoms with van der Waals surface area (Å²) >= 11 is 0. The van der Waals surface area contributed by atoms with E-state index in [-0.39, 0.29) is 0 Å². The van der Waals surface area contributed by atoms with E-state index in [0.29, 0.717) is 12.0 Å². The lowest BCUT2D eigenvalue weighted by molar-refractivity contribution is 0.0903. The Kier molecular flexibility index (Phi) is 3.48. The van der Waals surface area contributed by atoms with Crippen molar-refractivity contribution in [2.24, 2.45) is 0 Å². The first-order valence-electron chi connectivity index (χ1n) is 7.53. The molecular formula is C17H17N3O2. The highest BCUT2D eigenvalue weighted by atomic mass is 16.5. The molecule has 5 nitrogen and oxygen atoms in total. The summed E-state index contributed by atoms with van der Waals surface area (Å²) in [7, 11) is 0. The molecule has 0 radical (unpaired) electrons. The van der Waals surface area contributed by atoms with Crippen molar-refractivity contribution in [1.82, 2.24) is 9.97 Å². The van der Waals surface area contributed by atoms with Crippen molar-refractivity contribution < 1.29 is 9.15 Å².